The number of benzene rings is 6. The second-order valence-corrected chi connectivity index (χ2v) is 11.5. The van der Waals surface area contributed by atoms with Crippen LogP contribution < -0.4 is 0 Å². The van der Waals surface area contributed by atoms with E-state index >= 15 is 0 Å². The molecule has 2 aromatic heterocycles. The molecule has 0 bridgehead atoms. The summed E-state index contributed by atoms with van der Waals surface area (Å²) in [6.07, 6.45) is 0. The summed E-state index contributed by atoms with van der Waals surface area (Å²) in [7, 11) is 0. The monoisotopic (exact) mass is 567 g/mol. The summed E-state index contributed by atoms with van der Waals surface area (Å²) in [4.78, 5) is 15.0. The Morgan fingerprint density at radius 1 is 0.349 bits per heavy atom. The van der Waals surface area contributed by atoms with Crippen molar-refractivity contribution in [1.29, 1.82) is 0 Å². The van der Waals surface area contributed by atoms with Gasteiger partial charge in [-0.3, -0.25) is 0 Å². The van der Waals surface area contributed by atoms with E-state index in [4.69, 9.17) is 15.0 Å². The highest BCUT2D eigenvalue weighted by molar-refractivity contribution is 7.26. The van der Waals surface area contributed by atoms with Gasteiger partial charge in [0, 0.05) is 36.9 Å². The zero-order valence-corrected chi connectivity index (χ0v) is 24.0. The van der Waals surface area contributed by atoms with Gasteiger partial charge in [-0.25, -0.2) is 15.0 Å². The van der Waals surface area contributed by atoms with Crippen molar-refractivity contribution in [3.8, 4) is 56.4 Å². The number of hydrogen-bond acceptors (Lipinski definition) is 4. The van der Waals surface area contributed by atoms with Crippen molar-refractivity contribution in [2.45, 2.75) is 0 Å². The molecule has 8 rings (SSSR count). The van der Waals surface area contributed by atoms with E-state index < -0.39 is 0 Å². The highest BCUT2D eigenvalue weighted by atomic mass is 32.1. The number of fused-ring (bicyclic) bond motifs is 3. The summed E-state index contributed by atoms with van der Waals surface area (Å²) in [6.45, 7) is 0. The lowest BCUT2D eigenvalue weighted by Gasteiger charge is -2.13. The molecule has 0 N–H and O–H groups in total. The number of thiophene rings is 1. The molecule has 0 saturated heterocycles. The summed E-state index contributed by atoms with van der Waals surface area (Å²) in [5, 5.41) is 2.57. The van der Waals surface area contributed by atoms with Crippen LogP contribution in [0.1, 0.15) is 0 Å². The van der Waals surface area contributed by atoms with E-state index in [0.717, 1.165) is 33.4 Å². The van der Waals surface area contributed by atoms with Crippen LogP contribution in [-0.2, 0) is 0 Å². The fraction of sp³-hybridized carbons (Fsp3) is 0. The maximum Gasteiger partial charge on any atom is 0.164 e. The molecular weight excluding hydrogens is 543 g/mol. The molecule has 6 aromatic carbocycles. The topological polar surface area (TPSA) is 38.7 Å². The molecule has 43 heavy (non-hydrogen) atoms. The van der Waals surface area contributed by atoms with Crippen LogP contribution in [0, 0.1) is 0 Å². The first-order valence-corrected chi connectivity index (χ1v) is 15.1. The normalized spacial score (nSPS) is 11.3. The van der Waals surface area contributed by atoms with Gasteiger partial charge in [0.15, 0.2) is 17.5 Å². The van der Waals surface area contributed by atoms with Crippen LogP contribution in [-0.4, -0.2) is 15.0 Å². The Morgan fingerprint density at radius 2 is 0.837 bits per heavy atom. The predicted molar refractivity (Wildman–Crippen MR) is 180 cm³/mol. The number of nitrogens with zero attached hydrogens (tertiary/aromatic N) is 3. The van der Waals surface area contributed by atoms with Gasteiger partial charge in [-0.2, -0.15) is 0 Å². The van der Waals surface area contributed by atoms with Gasteiger partial charge in [-0.15, -0.1) is 11.3 Å². The van der Waals surface area contributed by atoms with Crippen LogP contribution in [0.3, 0.4) is 0 Å². The number of aromatic nitrogens is 3. The zero-order valence-electron chi connectivity index (χ0n) is 23.2. The number of rotatable bonds is 5. The second kappa shape index (κ2) is 10.8. The molecule has 0 fully saturated rings. The van der Waals surface area contributed by atoms with E-state index in [1.807, 2.05) is 72.0 Å². The van der Waals surface area contributed by atoms with Gasteiger partial charge < -0.3 is 0 Å². The van der Waals surface area contributed by atoms with Crippen LogP contribution in [0.5, 0.6) is 0 Å². The highest BCUT2D eigenvalue weighted by Gasteiger charge is 2.16. The molecule has 0 aliphatic rings. The second-order valence-electron chi connectivity index (χ2n) is 10.5. The lowest BCUT2D eigenvalue weighted by molar-refractivity contribution is 1.07. The Balaban J connectivity index is 1.38. The summed E-state index contributed by atoms with van der Waals surface area (Å²) in [5.74, 6) is 1.96. The summed E-state index contributed by atoms with van der Waals surface area (Å²) >= 11 is 1.84. The quantitative estimate of drug-likeness (QED) is 0.208. The van der Waals surface area contributed by atoms with Crippen LogP contribution in [0.15, 0.2) is 152 Å². The van der Waals surface area contributed by atoms with Crippen molar-refractivity contribution in [2.24, 2.45) is 0 Å². The first kappa shape index (κ1) is 25.3. The van der Waals surface area contributed by atoms with E-state index in [0.29, 0.717) is 17.5 Å². The Kier molecular flexibility index (Phi) is 6.32. The van der Waals surface area contributed by atoms with Gasteiger partial charge in [0.1, 0.15) is 0 Å². The number of hydrogen-bond donors (Lipinski definition) is 0. The lowest BCUT2D eigenvalue weighted by atomic mass is 9.95. The Hall–Kier alpha value is -5.45. The summed E-state index contributed by atoms with van der Waals surface area (Å²) in [6, 6.07) is 52.7. The van der Waals surface area contributed by atoms with Crippen LogP contribution in [0.4, 0.5) is 0 Å². The minimum absolute atomic E-state index is 0.648. The van der Waals surface area contributed by atoms with Crippen molar-refractivity contribution in [1.82, 2.24) is 15.0 Å². The van der Waals surface area contributed by atoms with Gasteiger partial charge in [-0.05, 0) is 46.5 Å². The fourth-order valence-electron chi connectivity index (χ4n) is 5.62. The fourth-order valence-corrected chi connectivity index (χ4v) is 6.86. The SMILES string of the molecule is c1ccc(-c2cc(-c3nc(-c4ccccc4)nc(-c4ccccc4)n3)cc(-c3cccc4c3sc3ccccc34)c2)cc1. The molecule has 0 aliphatic heterocycles. The molecule has 3 nitrogen and oxygen atoms in total. The van der Waals surface area contributed by atoms with E-state index in [2.05, 4.69) is 91.0 Å². The Labute approximate surface area is 253 Å². The third kappa shape index (κ3) is 4.78. The van der Waals surface area contributed by atoms with E-state index in [1.165, 1.54) is 25.7 Å². The molecule has 4 heteroatoms. The van der Waals surface area contributed by atoms with Crippen molar-refractivity contribution in [3.63, 3.8) is 0 Å². The van der Waals surface area contributed by atoms with Gasteiger partial charge in [0.05, 0.1) is 0 Å². The van der Waals surface area contributed by atoms with Gasteiger partial charge in [0.2, 0.25) is 0 Å². The van der Waals surface area contributed by atoms with Crippen molar-refractivity contribution in [2.75, 3.05) is 0 Å². The molecular formula is C39H25N3S. The first-order valence-electron chi connectivity index (χ1n) is 14.3. The Morgan fingerprint density at radius 3 is 1.49 bits per heavy atom. The van der Waals surface area contributed by atoms with E-state index in [9.17, 15) is 0 Å². The molecule has 202 valence electrons. The third-order valence-electron chi connectivity index (χ3n) is 7.71. The summed E-state index contributed by atoms with van der Waals surface area (Å²) in [5.41, 5.74) is 7.47. The minimum atomic E-state index is 0.648. The molecule has 0 saturated carbocycles. The molecule has 0 radical (unpaired) electrons. The average molecular weight is 568 g/mol. The van der Waals surface area contributed by atoms with Crippen molar-refractivity contribution >= 4 is 31.5 Å². The minimum Gasteiger partial charge on any atom is -0.208 e. The molecule has 0 aliphatic carbocycles. The van der Waals surface area contributed by atoms with Crippen LogP contribution in [0.25, 0.3) is 76.6 Å². The largest absolute Gasteiger partial charge is 0.208 e. The molecule has 0 amide bonds. The van der Waals surface area contributed by atoms with Crippen molar-refractivity contribution < 1.29 is 0 Å². The molecule has 0 atom stereocenters. The van der Waals surface area contributed by atoms with Gasteiger partial charge in [-0.1, -0.05) is 127 Å². The van der Waals surface area contributed by atoms with Crippen LogP contribution >= 0.6 is 11.3 Å². The standard InChI is InChI=1S/C39H25N3S/c1-4-13-26(14-5-1)29-23-30(32-20-12-21-34-33-19-10-11-22-35(33)43-36(32)34)25-31(24-29)39-41-37(27-15-6-2-7-16-27)40-38(42-39)28-17-8-3-9-18-28/h1-25H. The molecule has 8 aromatic rings. The van der Waals surface area contributed by atoms with Crippen LogP contribution in [0.2, 0.25) is 0 Å². The smallest absolute Gasteiger partial charge is 0.164 e. The zero-order chi connectivity index (χ0) is 28.6. The summed E-state index contributed by atoms with van der Waals surface area (Å²) < 4.78 is 2.58. The van der Waals surface area contributed by atoms with E-state index in [-0.39, 0.29) is 0 Å². The average Bonchev–Trinajstić information content (AvgIpc) is 3.48. The Bertz CT molecular complexity index is 2170. The van der Waals surface area contributed by atoms with E-state index in [1.54, 1.807) is 0 Å². The van der Waals surface area contributed by atoms with Crippen molar-refractivity contribution in [3.05, 3.63) is 152 Å². The molecule has 0 unspecified atom stereocenters. The predicted octanol–water partition coefficient (Wildman–Crippen LogP) is 10.6. The maximum absolute atomic E-state index is 5.05. The third-order valence-corrected chi connectivity index (χ3v) is 8.93. The molecule has 2 heterocycles. The van der Waals surface area contributed by atoms with Gasteiger partial charge in [0.25, 0.3) is 0 Å². The highest BCUT2D eigenvalue weighted by Crippen LogP contribution is 2.41. The lowest BCUT2D eigenvalue weighted by Crippen LogP contribution is -2.00. The van der Waals surface area contributed by atoms with Gasteiger partial charge >= 0.3 is 0 Å². The first-order chi connectivity index (χ1) is 21.3. The maximum atomic E-state index is 5.05. The molecule has 0 spiro atoms.